The Kier molecular flexibility index (Phi) is 4.80. The third-order valence-corrected chi connectivity index (χ3v) is 5.07. The fourth-order valence-corrected chi connectivity index (χ4v) is 3.10. The molecule has 2 aromatic rings. The summed E-state index contributed by atoms with van der Waals surface area (Å²) in [6.45, 7) is 8.21. The Morgan fingerprint density at radius 2 is 2.11 bits per heavy atom. The average Bonchev–Trinajstić information content (AvgIpc) is 2.66. The second kappa shape index (κ2) is 6.02. The predicted octanol–water partition coefficient (Wildman–Crippen LogP) is 3.40. The molecule has 0 aliphatic rings. The Balaban J connectivity index is 2.05. The van der Waals surface area contributed by atoms with Crippen molar-refractivity contribution in [3.8, 4) is 0 Å². The minimum absolute atomic E-state index is 0.384. The number of hydrogen-bond acceptors (Lipinski definition) is 4. The van der Waals surface area contributed by atoms with Crippen molar-refractivity contribution in [3.63, 3.8) is 0 Å². The van der Waals surface area contributed by atoms with E-state index in [4.69, 9.17) is 16.3 Å². The van der Waals surface area contributed by atoms with Crippen molar-refractivity contribution in [1.29, 1.82) is 0 Å². The average molecular weight is 411 g/mol. The van der Waals surface area contributed by atoms with Gasteiger partial charge in [-0.05, 0) is 6.04 Å². The van der Waals surface area contributed by atoms with Crippen molar-refractivity contribution in [2.75, 3.05) is 6.61 Å². The van der Waals surface area contributed by atoms with Crippen LogP contribution in [-0.2, 0) is 11.5 Å². The molecule has 0 saturated carbocycles. The third-order valence-electron chi connectivity index (χ3n) is 2.62. The van der Waals surface area contributed by atoms with E-state index in [1.165, 1.54) is 0 Å². The number of hydrogen-bond donors (Lipinski definition) is 0. The molecule has 19 heavy (non-hydrogen) atoms. The van der Waals surface area contributed by atoms with Gasteiger partial charge in [0, 0.05) is 37.3 Å². The molecule has 0 saturated heterocycles. The lowest BCUT2D eigenvalue weighted by atomic mass is 10.5. The molecule has 0 aliphatic carbocycles. The van der Waals surface area contributed by atoms with Crippen LogP contribution in [0.3, 0.4) is 0 Å². The third kappa shape index (κ3) is 4.10. The molecule has 8 heteroatoms. The summed E-state index contributed by atoms with van der Waals surface area (Å²) in [6.07, 6.45) is 1.69. The van der Waals surface area contributed by atoms with Gasteiger partial charge in [-0.2, -0.15) is 0 Å². The smallest absolute Gasteiger partial charge is 0.194 e. The highest BCUT2D eigenvalue weighted by molar-refractivity contribution is 14.1. The van der Waals surface area contributed by atoms with Gasteiger partial charge in [0.05, 0.1) is 6.33 Å². The number of fused-ring (bicyclic) bond motifs is 1. The second-order valence-electron chi connectivity index (χ2n) is 5.52. The van der Waals surface area contributed by atoms with Gasteiger partial charge in [-0.15, -0.1) is 0 Å². The minimum atomic E-state index is -1.05. The Labute approximate surface area is 131 Å². The van der Waals surface area contributed by atoms with E-state index in [0.717, 1.165) is 18.3 Å². The molecule has 0 spiro atoms. The molecule has 2 heterocycles. The number of rotatable bonds is 5. The quantitative estimate of drug-likeness (QED) is 0.249. The lowest BCUT2D eigenvalue weighted by molar-refractivity contribution is 0.0894. The van der Waals surface area contributed by atoms with E-state index in [1.807, 2.05) is 27.2 Å². The molecule has 0 fully saturated rings. The zero-order chi connectivity index (χ0) is 14.0. The summed E-state index contributed by atoms with van der Waals surface area (Å²) in [5.74, 6) is 0. The monoisotopic (exact) mass is 410 g/mol. The highest BCUT2D eigenvalue weighted by atomic mass is 127. The van der Waals surface area contributed by atoms with Crippen LogP contribution >= 0.6 is 34.2 Å². The molecule has 2 rings (SSSR count). The van der Waals surface area contributed by atoms with Crippen LogP contribution in [0, 0.1) is 3.83 Å². The van der Waals surface area contributed by atoms with Crippen LogP contribution < -0.4 is 0 Å². The number of imidazole rings is 1. The molecule has 0 aromatic carbocycles. The maximum Gasteiger partial charge on any atom is 0.194 e. The summed E-state index contributed by atoms with van der Waals surface area (Å²) in [6, 6.07) is 1.15. The molecular weight excluding hydrogens is 395 g/mol. The van der Waals surface area contributed by atoms with Gasteiger partial charge >= 0.3 is 0 Å². The number of nitrogens with zero attached hydrogens (tertiary/aromatic N) is 4. The van der Waals surface area contributed by atoms with Gasteiger partial charge in [0.25, 0.3) is 0 Å². The van der Waals surface area contributed by atoms with Crippen molar-refractivity contribution in [3.05, 3.63) is 15.3 Å². The number of aromatic nitrogens is 4. The lowest BCUT2D eigenvalue weighted by Gasteiger charge is -2.15. The van der Waals surface area contributed by atoms with E-state index in [9.17, 15) is 0 Å². The first-order chi connectivity index (χ1) is 8.87. The van der Waals surface area contributed by atoms with E-state index in [1.54, 1.807) is 6.33 Å². The molecule has 0 unspecified atom stereocenters. The first-order valence-electron chi connectivity index (χ1n) is 5.98. The molecule has 0 radical (unpaired) electrons. The Bertz CT molecular complexity index is 584. The number of ether oxygens (including phenoxy) is 1. The van der Waals surface area contributed by atoms with E-state index in [-0.39, 0.29) is 0 Å². The van der Waals surface area contributed by atoms with Crippen LogP contribution in [0.4, 0.5) is 0 Å². The van der Waals surface area contributed by atoms with E-state index in [0.29, 0.717) is 21.2 Å². The molecule has 2 aromatic heterocycles. The molecule has 0 bridgehead atoms. The highest BCUT2D eigenvalue weighted by Gasteiger charge is 2.13. The van der Waals surface area contributed by atoms with Crippen molar-refractivity contribution >= 4 is 53.4 Å². The van der Waals surface area contributed by atoms with Gasteiger partial charge in [-0.3, -0.25) is 4.57 Å². The summed E-state index contributed by atoms with van der Waals surface area (Å²) < 4.78 is 8.16. The largest absolute Gasteiger partial charge is 0.361 e. The number of halogens is 2. The SMILES string of the molecule is C[Si](C)(C)CCOCn1cnc2c(Cl)nc(I)nc21. The maximum atomic E-state index is 6.03. The van der Waals surface area contributed by atoms with Crippen molar-refractivity contribution < 1.29 is 4.74 Å². The van der Waals surface area contributed by atoms with Crippen LogP contribution in [-0.4, -0.2) is 34.2 Å². The molecule has 0 amide bonds. The molecule has 5 nitrogen and oxygen atoms in total. The van der Waals surface area contributed by atoms with Crippen LogP contribution in [0.25, 0.3) is 11.2 Å². The normalized spacial score (nSPS) is 12.3. The molecule has 104 valence electrons. The van der Waals surface area contributed by atoms with Crippen LogP contribution in [0.1, 0.15) is 0 Å². The van der Waals surface area contributed by atoms with Crippen molar-refractivity contribution in [1.82, 2.24) is 19.5 Å². The van der Waals surface area contributed by atoms with Crippen LogP contribution in [0.15, 0.2) is 6.33 Å². The topological polar surface area (TPSA) is 52.8 Å². The van der Waals surface area contributed by atoms with Gasteiger partial charge in [0.1, 0.15) is 12.2 Å². The Hall–Kier alpha value is -0.253. The van der Waals surface area contributed by atoms with E-state index in [2.05, 4.69) is 34.6 Å². The summed E-state index contributed by atoms with van der Waals surface area (Å²) in [5, 5.41) is 0.384. The minimum Gasteiger partial charge on any atom is -0.361 e. The van der Waals surface area contributed by atoms with Gasteiger partial charge in [0.2, 0.25) is 0 Å². The van der Waals surface area contributed by atoms with E-state index < -0.39 is 8.07 Å². The van der Waals surface area contributed by atoms with Crippen LogP contribution in [0.5, 0.6) is 0 Å². The molecular formula is C11H16ClIN4OSi. The van der Waals surface area contributed by atoms with Gasteiger partial charge in [-0.25, -0.2) is 15.0 Å². The summed E-state index contributed by atoms with van der Waals surface area (Å²) in [4.78, 5) is 12.6. The summed E-state index contributed by atoms with van der Waals surface area (Å²) in [7, 11) is -1.05. The van der Waals surface area contributed by atoms with Crippen molar-refractivity contribution in [2.45, 2.75) is 32.4 Å². The summed E-state index contributed by atoms with van der Waals surface area (Å²) >= 11 is 8.07. The highest BCUT2D eigenvalue weighted by Crippen LogP contribution is 2.19. The zero-order valence-electron chi connectivity index (χ0n) is 11.2. The van der Waals surface area contributed by atoms with E-state index >= 15 is 0 Å². The fraction of sp³-hybridized carbons (Fsp3) is 0.545. The first-order valence-corrected chi connectivity index (χ1v) is 11.1. The van der Waals surface area contributed by atoms with Crippen molar-refractivity contribution in [2.24, 2.45) is 0 Å². The van der Waals surface area contributed by atoms with Gasteiger partial charge in [0.15, 0.2) is 14.6 Å². The predicted molar refractivity (Wildman–Crippen MR) is 87.2 cm³/mol. The first kappa shape index (κ1) is 15.1. The molecule has 0 atom stereocenters. The Morgan fingerprint density at radius 1 is 1.37 bits per heavy atom. The molecule has 0 aliphatic heterocycles. The van der Waals surface area contributed by atoms with Crippen LogP contribution in [0.2, 0.25) is 30.8 Å². The summed E-state index contributed by atoms with van der Waals surface area (Å²) in [5.41, 5.74) is 1.34. The maximum absolute atomic E-state index is 6.03. The van der Waals surface area contributed by atoms with Gasteiger partial charge < -0.3 is 4.74 Å². The fourth-order valence-electron chi connectivity index (χ4n) is 1.52. The Morgan fingerprint density at radius 3 is 2.79 bits per heavy atom. The zero-order valence-corrected chi connectivity index (χ0v) is 15.1. The standard InChI is InChI=1S/C11H16ClIN4OSi/c1-19(2,3)5-4-18-7-17-6-14-8-9(12)15-11(13)16-10(8)17/h6H,4-5,7H2,1-3H3. The second-order valence-corrected chi connectivity index (χ2v) is 12.5. The molecule has 0 N–H and O–H groups in total. The lowest BCUT2D eigenvalue weighted by Crippen LogP contribution is -2.22. The van der Waals surface area contributed by atoms with Gasteiger partial charge in [-0.1, -0.05) is 31.2 Å².